The van der Waals surface area contributed by atoms with E-state index < -0.39 is 0 Å². The number of aliphatic hydroxyl groups is 1. The van der Waals surface area contributed by atoms with Crippen LogP contribution in [0.3, 0.4) is 0 Å². The van der Waals surface area contributed by atoms with Gasteiger partial charge in [-0.15, -0.1) is 5.73 Å². The first-order chi connectivity index (χ1) is 16.0. The molecule has 1 aliphatic rings. The molecule has 0 saturated heterocycles. The molecule has 0 atom stereocenters. The first-order valence-corrected chi connectivity index (χ1v) is 10.8. The highest BCUT2D eigenvalue weighted by Gasteiger charge is 2.20. The fourth-order valence-electron chi connectivity index (χ4n) is 3.87. The lowest BCUT2D eigenvalue weighted by Crippen LogP contribution is -2.07. The largest absolute Gasteiger partial charge is 0.496 e. The van der Waals surface area contributed by atoms with E-state index in [2.05, 4.69) is 34.7 Å². The fourth-order valence-corrected chi connectivity index (χ4v) is 3.87. The predicted molar refractivity (Wildman–Crippen MR) is 132 cm³/mol. The summed E-state index contributed by atoms with van der Waals surface area (Å²) in [6, 6.07) is 20.0. The lowest BCUT2D eigenvalue weighted by molar-refractivity contribution is -0.113. The maximum absolute atomic E-state index is 13.1. The van der Waals surface area contributed by atoms with Crippen molar-refractivity contribution in [3.05, 3.63) is 105 Å². The number of carbonyl (C=O) groups is 1. The smallest absolute Gasteiger partial charge is 0.175 e. The summed E-state index contributed by atoms with van der Waals surface area (Å²) in [5.41, 5.74) is 10.8. The number of hydrogen-bond acceptors (Lipinski definition) is 4. The Kier molecular flexibility index (Phi) is 8.39. The van der Waals surface area contributed by atoms with Crippen LogP contribution in [0.1, 0.15) is 38.9 Å². The number of benzene rings is 3. The van der Waals surface area contributed by atoms with E-state index in [-0.39, 0.29) is 12.4 Å². The lowest BCUT2D eigenvalue weighted by atomic mass is 9.94. The standard InChI is InChI=1S/C27H24O3.C2H6O/c1-18-6-11-27(30-2)25(12-18)24-10-9-22-8-7-20(15-23(22)16-26(24)29)13-19-4-3-5-21(14-19)17-28;1-3-2/h3-9,11-12,14-15,28H,13,16-17H2,1-2H3;1-2H3. The van der Waals surface area contributed by atoms with E-state index in [0.29, 0.717) is 17.7 Å². The van der Waals surface area contributed by atoms with Crippen LogP contribution in [0.4, 0.5) is 0 Å². The molecule has 0 aliphatic heterocycles. The summed E-state index contributed by atoms with van der Waals surface area (Å²) in [7, 11) is 4.87. The van der Waals surface area contributed by atoms with E-state index in [1.807, 2.05) is 49.4 Å². The lowest BCUT2D eigenvalue weighted by Gasteiger charge is -2.11. The Hall–Kier alpha value is -3.43. The third-order valence-electron chi connectivity index (χ3n) is 5.42. The van der Waals surface area contributed by atoms with E-state index in [0.717, 1.165) is 45.4 Å². The van der Waals surface area contributed by atoms with Crippen LogP contribution in [-0.2, 0) is 29.0 Å². The van der Waals surface area contributed by atoms with E-state index in [1.54, 1.807) is 21.3 Å². The molecule has 0 amide bonds. The Labute approximate surface area is 195 Å². The first-order valence-electron chi connectivity index (χ1n) is 10.8. The van der Waals surface area contributed by atoms with Crippen molar-refractivity contribution in [2.24, 2.45) is 0 Å². The van der Waals surface area contributed by atoms with E-state index in [4.69, 9.17) is 4.74 Å². The van der Waals surface area contributed by atoms with Crippen LogP contribution in [0.15, 0.2) is 66.4 Å². The van der Waals surface area contributed by atoms with Crippen LogP contribution >= 0.6 is 0 Å². The van der Waals surface area contributed by atoms with Gasteiger partial charge in [0.05, 0.1) is 19.3 Å². The summed E-state index contributed by atoms with van der Waals surface area (Å²) < 4.78 is 9.73. The van der Waals surface area contributed by atoms with Gasteiger partial charge in [-0.3, -0.25) is 4.79 Å². The minimum Gasteiger partial charge on any atom is -0.496 e. The Morgan fingerprint density at radius 3 is 2.39 bits per heavy atom. The van der Waals surface area contributed by atoms with Gasteiger partial charge in [-0.2, -0.15) is 0 Å². The molecule has 0 fully saturated rings. The maximum atomic E-state index is 13.1. The van der Waals surface area contributed by atoms with Crippen LogP contribution in [0, 0.1) is 6.92 Å². The highest BCUT2D eigenvalue weighted by molar-refractivity contribution is 6.23. The van der Waals surface area contributed by atoms with Crippen LogP contribution in [-0.4, -0.2) is 32.2 Å². The number of carbonyl (C=O) groups excluding carboxylic acids is 1. The second kappa shape index (κ2) is 11.4. The van der Waals surface area contributed by atoms with Gasteiger partial charge in [0.2, 0.25) is 0 Å². The van der Waals surface area contributed by atoms with Gasteiger partial charge < -0.3 is 14.6 Å². The van der Waals surface area contributed by atoms with Gasteiger partial charge in [0, 0.05) is 26.2 Å². The number of fused-ring (bicyclic) bond motifs is 1. The average Bonchev–Trinajstić information content (AvgIpc) is 2.97. The van der Waals surface area contributed by atoms with Crippen molar-refractivity contribution in [3.63, 3.8) is 0 Å². The Balaban J connectivity index is 0.000000968. The molecule has 1 N–H and O–H groups in total. The SMILES string of the molecule is COC.COc1ccc(C)cc1C1=C=Cc2ccc(Cc3cccc(CO)c3)cc2CC1=O. The van der Waals surface area contributed by atoms with Gasteiger partial charge in [-0.05, 0) is 59.4 Å². The maximum Gasteiger partial charge on any atom is 0.175 e. The summed E-state index contributed by atoms with van der Waals surface area (Å²) in [5.74, 6) is 0.716. The van der Waals surface area contributed by atoms with Crippen molar-refractivity contribution in [2.45, 2.75) is 26.4 Å². The molecule has 3 aromatic rings. The number of ketones is 1. The molecular weight excluding hydrogens is 412 g/mol. The van der Waals surface area contributed by atoms with Gasteiger partial charge in [0.25, 0.3) is 0 Å². The highest BCUT2D eigenvalue weighted by atomic mass is 16.5. The van der Waals surface area contributed by atoms with Gasteiger partial charge in [0.1, 0.15) is 5.75 Å². The molecule has 0 aromatic heterocycles. The zero-order valence-corrected chi connectivity index (χ0v) is 19.6. The van der Waals surface area contributed by atoms with Crippen molar-refractivity contribution in [1.29, 1.82) is 0 Å². The summed E-state index contributed by atoms with van der Waals surface area (Å²) >= 11 is 0. The topological polar surface area (TPSA) is 55.8 Å². The first kappa shape index (κ1) is 24.2. The van der Waals surface area contributed by atoms with E-state index in [1.165, 1.54) is 0 Å². The molecule has 0 heterocycles. The molecule has 170 valence electrons. The predicted octanol–water partition coefficient (Wildman–Crippen LogP) is 5.17. The molecule has 0 radical (unpaired) electrons. The van der Waals surface area contributed by atoms with Crippen LogP contribution in [0.5, 0.6) is 5.75 Å². The van der Waals surface area contributed by atoms with Crippen molar-refractivity contribution in [3.8, 4) is 5.75 Å². The highest BCUT2D eigenvalue weighted by Crippen LogP contribution is 2.30. The number of allylic oxidation sites excluding steroid dienone is 1. The molecule has 1 aliphatic carbocycles. The van der Waals surface area contributed by atoms with Gasteiger partial charge in [-0.25, -0.2) is 0 Å². The summed E-state index contributed by atoms with van der Waals surface area (Å²) in [6.45, 7) is 2.04. The molecular formula is C29H30O4. The number of aliphatic hydroxyl groups excluding tert-OH is 1. The molecule has 33 heavy (non-hydrogen) atoms. The molecule has 0 bridgehead atoms. The molecule has 0 saturated carbocycles. The molecule has 4 rings (SSSR count). The van der Waals surface area contributed by atoms with Crippen molar-refractivity contribution in [1.82, 2.24) is 0 Å². The van der Waals surface area contributed by atoms with Crippen molar-refractivity contribution >= 4 is 17.4 Å². The third-order valence-corrected chi connectivity index (χ3v) is 5.42. The fraction of sp³-hybridized carbons (Fsp3) is 0.241. The zero-order chi connectivity index (χ0) is 23.8. The summed E-state index contributed by atoms with van der Waals surface area (Å²) in [5, 5.41) is 9.36. The van der Waals surface area contributed by atoms with Crippen molar-refractivity contribution < 1.29 is 19.4 Å². The number of rotatable bonds is 5. The van der Waals surface area contributed by atoms with Gasteiger partial charge in [0.15, 0.2) is 5.78 Å². The molecule has 4 nitrogen and oxygen atoms in total. The average molecular weight is 443 g/mol. The number of Topliss-reactive ketones (excluding diaryl/α,β-unsaturated/α-hetero) is 1. The Morgan fingerprint density at radius 1 is 0.939 bits per heavy atom. The molecule has 0 unspecified atom stereocenters. The quantitative estimate of drug-likeness (QED) is 0.554. The van der Waals surface area contributed by atoms with E-state index >= 15 is 0 Å². The normalized spacial score (nSPS) is 12.3. The number of aryl methyl sites for hydroxylation is 1. The van der Waals surface area contributed by atoms with Gasteiger partial charge >= 0.3 is 0 Å². The van der Waals surface area contributed by atoms with E-state index in [9.17, 15) is 9.90 Å². The number of hydrogen-bond donors (Lipinski definition) is 1. The third kappa shape index (κ3) is 6.09. The van der Waals surface area contributed by atoms with Crippen LogP contribution < -0.4 is 4.74 Å². The minimum atomic E-state index is 0.0355. The molecule has 0 spiro atoms. The van der Waals surface area contributed by atoms with Gasteiger partial charge in [-0.1, -0.05) is 54.1 Å². The van der Waals surface area contributed by atoms with Crippen molar-refractivity contribution in [2.75, 3.05) is 21.3 Å². The summed E-state index contributed by atoms with van der Waals surface area (Å²) in [6.07, 6.45) is 2.98. The molecule has 4 heteroatoms. The second-order valence-electron chi connectivity index (χ2n) is 8.06. The summed E-state index contributed by atoms with van der Waals surface area (Å²) in [4.78, 5) is 13.1. The Morgan fingerprint density at radius 2 is 1.67 bits per heavy atom. The van der Waals surface area contributed by atoms with Crippen LogP contribution in [0.25, 0.3) is 11.6 Å². The second-order valence-corrected chi connectivity index (χ2v) is 8.06. The molecule has 3 aromatic carbocycles. The minimum absolute atomic E-state index is 0.0355. The Bertz CT molecular complexity index is 1200. The monoisotopic (exact) mass is 442 g/mol. The van der Waals surface area contributed by atoms with Crippen LogP contribution in [0.2, 0.25) is 0 Å². The zero-order valence-electron chi connectivity index (χ0n) is 19.6. The number of ether oxygens (including phenoxy) is 2. The number of methoxy groups -OCH3 is 2.